The minimum Gasteiger partial charge on any atom is -0.385 e. The summed E-state index contributed by atoms with van der Waals surface area (Å²) in [4.78, 5) is 16.7. The zero-order valence-electron chi connectivity index (χ0n) is 15.3. The maximum Gasteiger partial charge on any atom is 0.251 e. The van der Waals surface area contributed by atoms with E-state index in [1.807, 2.05) is 61.5 Å². The quantitative estimate of drug-likeness (QED) is 0.395. The van der Waals surface area contributed by atoms with Crippen molar-refractivity contribution in [3.63, 3.8) is 0 Å². The number of thioether (sulfide) groups is 1. The topological polar surface area (TPSA) is 54.0 Å². The summed E-state index contributed by atoms with van der Waals surface area (Å²) < 4.78 is 1.08. The van der Waals surface area contributed by atoms with E-state index in [1.54, 1.807) is 23.1 Å². The molecule has 0 saturated heterocycles. The number of hydrogen-bond acceptors (Lipinski definition) is 5. The van der Waals surface area contributed by atoms with E-state index in [-0.39, 0.29) is 5.91 Å². The number of thiazole rings is 1. The van der Waals surface area contributed by atoms with Crippen LogP contribution in [-0.4, -0.2) is 24.0 Å². The van der Waals surface area contributed by atoms with Gasteiger partial charge in [0.1, 0.15) is 4.34 Å². The Morgan fingerprint density at radius 1 is 1.07 bits per heavy atom. The predicted octanol–water partition coefficient (Wildman–Crippen LogP) is 4.98. The Hall–Kier alpha value is -2.31. The largest absolute Gasteiger partial charge is 0.385 e. The summed E-state index contributed by atoms with van der Waals surface area (Å²) in [5.74, 6) is 0.837. The number of hydrogen-bond donors (Lipinski definition) is 2. The molecule has 0 bridgehead atoms. The van der Waals surface area contributed by atoms with Crippen molar-refractivity contribution in [2.75, 3.05) is 18.4 Å². The molecule has 140 valence electrons. The first kappa shape index (κ1) is 19.5. The molecule has 0 atom stereocenters. The summed E-state index contributed by atoms with van der Waals surface area (Å²) in [6.45, 7) is 3.49. The van der Waals surface area contributed by atoms with Crippen molar-refractivity contribution in [3.05, 3.63) is 76.8 Å². The minimum absolute atomic E-state index is 0.0236. The number of carbonyl (C=O) groups excluding carboxylic acids is 1. The summed E-state index contributed by atoms with van der Waals surface area (Å²) in [6, 6.07) is 17.9. The predicted molar refractivity (Wildman–Crippen MR) is 115 cm³/mol. The van der Waals surface area contributed by atoms with Crippen LogP contribution in [0.2, 0.25) is 0 Å². The molecule has 6 heteroatoms. The van der Waals surface area contributed by atoms with E-state index in [9.17, 15) is 4.79 Å². The van der Waals surface area contributed by atoms with Crippen LogP contribution in [0, 0.1) is 6.92 Å². The lowest BCUT2D eigenvalue weighted by molar-refractivity contribution is 0.0953. The van der Waals surface area contributed by atoms with Crippen LogP contribution in [0.4, 0.5) is 5.69 Å². The number of aryl methyl sites for hydroxylation is 1. The van der Waals surface area contributed by atoms with Crippen LogP contribution in [0.15, 0.2) is 64.3 Å². The highest BCUT2D eigenvalue weighted by atomic mass is 32.2. The third-order valence-electron chi connectivity index (χ3n) is 3.92. The molecule has 2 aromatic carbocycles. The maximum absolute atomic E-state index is 12.2. The molecule has 2 N–H and O–H groups in total. The van der Waals surface area contributed by atoms with Crippen molar-refractivity contribution in [1.82, 2.24) is 10.3 Å². The summed E-state index contributed by atoms with van der Waals surface area (Å²) in [5.41, 5.74) is 4.06. The lowest BCUT2D eigenvalue weighted by Crippen LogP contribution is -2.25. The fraction of sp³-hybridized carbons (Fsp3) is 0.238. The van der Waals surface area contributed by atoms with Crippen LogP contribution in [-0.2, 0) is 5.75 Å². The van der Waals surface area contributed by atoms with Gasteiger partial charge in [0, 0.05) is 41.2 Å². The number of nitrogens with one attached hydrogen (secondary N) is 2. The first-order chi connectivity index (χ1) is 13.2. The second-order valence-electron chi connectivity index (χ2n) is 6.14. The standard InChI is InChI=1S/C21H23N3OS2/c1-16-14-26-21(24-16)27-15-17-8-10-18(11-9-17)20(25)23-13-5-12-22-19-6-3-2-4-7-19/h2-4,6-11,14,22H,5,12-13,15H2,1H3,(H,23,25). The first-order valence-corrected chi connectivity index (χ1v) is 10.8. The Bertz CT molecular complexity index is 847. The fourth-order valence-electron chi connectivity index (χ4n) is 2.48. The van der Waals surface area contributed by atoms with Gasteiger partial charge in [0.15, 0.2) is 0 Å². The average molecular weight is 398 g/mol. The monoisotopic (exact) mass is 397 g/mol. The van der Waals surface area contributed by atoms with Crippen LogP contribution in [0.5, 0.6) is 0 Å². The van der Waals surface area contributed by atoms with Gasteiger partial charge in [-0.25, -0.2) is 4.98 Å². The number of nitrogens with zero attached hydrogens (tertiary/aromatic N) is 1. The molecule has 0 fully saturated rings. The Labute approximate surface area is 168 Å². The normalized spacial score (nSPS) is 10.6. The number of carbonyl (C=O) groups is 1. The SMILES string of the molecule is Cc1csc(SCc2ccc(C(=O)NCCCNc3ccccc3)cc2)n1. The van der Waals surface area contributed by atoms with Gasteiger partial charge in [0.05, 0.1) is 0 Å². The molecule has 0 saturated carbocycles. The number of benzene rings is 2. The van der Waals surface area contributed by atoms with E-state index in [0.717, 1.165) is 34.4 Å². The van der Waals surface area contributed by atoms with E-state index < -0.39 is 0 Å². The highest BCUT2D eigenvalue weighted by Crippen LogP contribution is 2.26. The summed E-state index contributed by atoms with van der Waals surface area (Å²) in [6.07, 6.45) is 0.878. The molecule has 3 rings (SSSR count). The van der Waals surface area contributed by atoms with Crippen molar-refractivity contribution >= 4 is 34.7 Å². The van der Waals surface area contributed by atoms with Gasteiger partial charge < -0.3 is 10.6 Å². The first-order valence-electron chi connectivity index (χ1n) is 8.92. The number of anilines is 1. The third kappa shape index (κ3) is 6.41. The molecule has 27 heavy (non-hydrogen) atoms. The summed E-state index contributed by atoms with van der Waals surface area (Å²) in [5, 5.41) is 8.37. The summed E-state index contributed by atoms with van der Waals surface area (Å²) >= 11 is 3.40. The van der Waals surface area contributed by atoms with Crippen LogP contribution in [0.3, 0.4) is 0 Å². The Balaban J connectivity index is 1.37. The molecule has 0 aliphatic heterocycles. The molecular weight excluding hydrogens is 374 g/mol. The molecule has 1 heterocycles. The van der Waals surface area contributed by atoms with Gasteiger partial charge >= 0.3 is 0 Å². The Morgan fingerprint density at radius 3 is 2.56 bits per heavy atom. The van der Waals surface area contributed by atoms with E-state index in [1.165, 1.54) is 5.56 Å². The number of para-hydroxylation sites is 1. The van der Waals surface area contributed by atoms with Crippen molar-refractivity contribution in [2.24, 2.45) is 0 Å². The second kappa shape index (κ2) is 10.1. The lowest BCUT2D eigenvalue weighted by Gasteiger charge is -2.08. The lowest BCUT2D eigenvalue weighted by atomic mass is 10.1. The van der Waals surface area contributed by atoms with Gasteiger partial charge in [-0.2, -0.15) is 0 Å². The van der Waals surface area contributed by atoms with Gasteiger partial charge in [0.2, 0.25) is 0 Å². The van der Waals surface area contributed by atoms with Crippen LogP contribution >= 0.6 is 23.1 Å². The molecule has 0 aliphatic rings. The van der Waals surface area contributed by atoms with E-state index in [4.69, 9.17) is 0 Å². The fourth-order valence-corrected chi connectivity index (χ4v) is 4.28. The molecular formula is C21H23N3OS2. The number of rotatable bonds is 9. The van der Waals surface area contributed by atoms with Gasteiger partial charge in [-0.1, -0.05) is 42.1 Å². The zero-order valence-corrected chi connectivity index (χ0v) is 16.9. The van der Waals surface area contributed by atoms with Crippen molar-refractivity contribution in [1.29, 1.82) is 0 Å². The molecule has 0 unspecified atom stereocenters. The van der Waals surface area contributed by atoms with Crippen LogP contribution < -0.4 is 10.6 Å². The highest BCUT2D eigenvalue weighted by Gasteiger charge is 2.06. The minimum atomic E-state index is -0.0236. The molecule has 1 aromatic heterocycles. The molecule has 4 nitrogen and oxygen atoms in total. The zero-order chi connectivity index (χ0) is 18.9. The van der Waals surface area contributed by atoms with E-state index >= 15 is 0 Å². The van der Waals surface area contributed by atoms with Crippen molar-refractivity contribution in [3.8, 4) is 0 Å². The molecule has 0 radical (unpaired) electrons. The van der Waals surface area contributed by atoms with Crippen molar-refractivity contribution < 1.29 is 4.79 Å². The van der Waals surface area contributed by atoms with Crippen LogP contribution in [0.25, 0.3) is 0 Å². The van der Waals surface area contributed by atoms with Gasteiger partial charge in [0.25, 0.3) is 5.91 Å². The molecule has 1 amide bonds. The maximum atomic E-state index is 12.2. The molecule has 0 spiro atoms. The number of aromatic nitrogens is 1. The van der Waals surface area contributed by atoms with Crippen molar-refractivity contribution in [2.45, 2.75) is 23.4 Å². The van der Waals surface area contributed by atoms with Crippen LogP contribution in [0.1, 0.15) is 28.0 Å². The Morgan fingerprint density at radius 2 is 1.85 bits per heavy atom. The third-order valence-corrected chi connectivity index (χ3v) is 6.13. The van der Waals surface area contributed by atoms with Gasteiger partial charge in [-0.15, -0.1) is 11.3 Å². The number of amides is 1. The average Bonchev–Trinajstić information content (AvgIpc) is 3.12. The Kier molecular flexibility index (Phi) is 7.30. The smallest absolute Gasteiger partial charge is 0.251 e. The van der Waals surface area contributed by atoms with E-state index in [0.29, 0.717) is 12.1 Å². The summed E-state index contributed by atoms with van der Waals surface area (Å²) in [7, 11) is 0. The van der Waals surface area contributed by atoms with Gasteiger partial charge in [-0.3, -0.25) is 4.79 Å². The van der Waals surface area contributed by atoms with E-state index in [2.05, 4.69) is 21.0 Å². The van der Waals surface area contributed by atoms with Gasteiger partial charge in [-0.05, 0) is 43.2 Å². The molecule has 0 aliphatic carbocycles. The second-order valence-corrected chi connectivity index (χ2v) is 8.22. The molecule has 3 aromatic rings. The highest BCUT2D eigenvalue weighted by molar-refractivity contribution is 8.00.